The highest BCUT2D eigenvalue weighted by atomic mass is 16.6. The lowest BCUT2D eigenvalue weighted by Gasteiger charge is -2.61. The van der Waals surface area contributed by atoms with Crippen LogP contribution in [-0.2, 0) is 26.2 Å². The zero-order valence-electron chi connectivity index (χ0n) is 21.6. The summed E-state index contributed by atoms with van der Waals surface area (Å²) in [6.45, 7) is 2.27. The van der Waals surface area contributed by atoms with Gasteiger partial charge < -0.3 is 34.6 Å². The molecule has 4 aliphatic rings. The molecule has 2 bridgehead atoms. The Balaban J connectivity index is 1.28. The van der Waals surface area contributed by atoms with Crippen molar-refractivity contribution in [1.29, 1.82) is 0 Å². The van der Waals surface area contributed by atoms with Crippen LogP contribution in [0, 0.1) is 0 Å². The molecule has 0 radical (unpaired) electrons. The number of rotatable bonds is 6. The van der Waals surface area contributed by atoms with E-state index >= 15 is 0 Å². The first-order chi connectivity index (χ1) is 18.2. The van der Waals surface area contributed by atoms with Gasteiger partial charge in [-0.25, -0.2) is 4.79 Å². The third-order valence-corrected chi connectivity index (χ3v) is 8.85. The van der Waals surface area contributed by atoms with E-state index < -0.39 is 41.1 Å². The Bertz CT molecular complexity index is 1330. The number of hydrogen-bond acceptors (Lipinski definition) is 8. The van der Waals surface area contributed by atoms with E-state index in [0.29, 0.717) is 42.1 Å². The third-order valence-electron chi connectivity index (χ3n) is 8.85. The molecule has 2 aliphatic heterocycles. The van der Waals surface area contributed by atoms with Gasteiger partial charge in [0, 0.05) is 18.0 Å². The molecule has 200 valence electrons. The van der Waals surface area contributed by atoms with Gasteiger partial charge in [-0.1, -0.05) is 36.4 Å². The fraction of sp³-hybridized carbons (Fsp3) is 0.448. The molecule has 0 aromatic heterocycles. The average molecular weight is 521 g/mol. The number of aliphatic hydroxyl groups excluding tert-OH is 1. The molecular formula is C29H32N2O7. The summed E-state index contributed by atoms with van der Waals surface area (Å²) in [6.07, 6.45) is 1.22. The van der Waals surface area contributed by atoms with Crippen molar-refractivity contribution in [3.05, 3.63) is 71.0 Å². The van der Waals surface area contributed by atoms with Crippen molar-refractivity contribution >= 4 is 11.9 Å². The van der Waals surface area contributed by atoms with Crippen LogP contribution in [0.1, 0.15) is 42.6 Å². The summed E-state index contributed by atoms with van der Waals surface area (Å²) in [7, 11) is 3.61. The molecule has 1 spiro atoms. The minimum atomic E-state index is -1.41. The van der Waals surface area contributed by atoms with E-state index in [0.717, 1.165) is 17.7 Å². The lowest BCUT2D eigenvalue weighted by molar-refractivity contribution is -0.170. The minimum absolute atomic E-state index is 0.111. The predicted molar refractivity (Wildman–Crippen MR) is 137 cm³/mol. The molecule has 38 heavy (non-hydrogen) atoms. The number of ether oxygens (including phenoxy) is 3. The molecule has 2 aromatic rings. The number of hydrogen-bond donors (Lipinski definition) is 3. The van der Waals surface area contributed by atoms with Gasteiger partial charge in [-0.2, -0.15) is 0 Å². The average Bonchev–Trinajstić information content (AvgIpc) is 3.28. The minimum Gasteiger partial charge on any atom is -0.493 e. The van der Waals surface area contributed by atoms with Crippen LogP contribution in [0.5, 0.6) is 11.5 Å². The van der Waals surface area contributed by atoms with Crippen molar-refractivity contribution in [3.63, 3.8) is 0 Å². The Morgan fingerprint density at radius 3 is 2.71 bits per heavy atom. The predicted octanol–water partition coefficient (Wildman–Crippen LogP) is 1.75. The number of carbonyl (C=O) groups excluding carboxylic acids is 2. The second-order valence-electron chi connectivity index (χ2n) is 10.8. The van der Waals surface area contributed by atoms with Crippen molar-refractivity contribution in [3.8, 4) is 11.5 Å². The monoisotopic (exact) mass is 520 g/mol. The number of likely N-dealkylation sites (tertiary alicyclic amines) is 1. The van der Waals surface area contributed by atoms with E-state index in [2.05, 4.69) is 10.2 Å². The highest BCUT2D eigenvalue weighted by Crippen LogP contribution is 2.65. The maximum atomic E-state index is 13.1. The van der Waals surface area contributed by atoms with Crippen molar-refractivity contribution in [2.75, 3.05) is 20.7 Å². The van der Waals surface area contributed by atoms with Crippen molar-refractivity contribution in [2.24, 2.45) is 0 Å². The summed E-state index contributed by atoms with van der Waals surface area (Å²) >= 11 is 0. The summed E-state index contributed by atoms with van der Waals surface area (Å²) in [5.41, 5.74) is 0.581. The van der Waals surface area contributed by atoms with Crippen molar-refractivity contribution < 1.29 is 34.0 Å². The second-order valence-corrected chi connectivity index (χ2v) is 10.8. The van der Waals surface area contributed by atoms with E-state index in [1.165, 1.54) is 6.92 Å². The molecule has 6 atom stereocenters. The number of piperidine rings is 1. The molecule has 9 nitrogen and oxygen atoms in total. The molecule has 2 heterocycles. The summed E-state index contributed by atoms with van der Waals surface area (Å²) in [5.74, 6) is 0.106. The first-order valence-electron chi connectivity index (χ1n) is 13.0. The molecule has 1 saturated heterocycles. The van der Waals surface area contributed by atoms with Crippen LogP contribution in [0.4, 0.5) is 0 Å². The first-order valence-corrected chi connectivity index (χ1v) is 13.0. The second kappa shape index (κ2) is 8.83. The number of likely N-dealkylation sites (N-methyl/N-ethyl adjacent to an activating group) is 1. The smallest absolute Gasteiger partial charge is 0.333 e. The van der Waals surface area contributed by atoms with Crippen LogP contribution in [-0.4, -0.2) is 71.5 Å². The van der Waals surface area contributed by atoms with Gasteiger partial charge in [-0.15, -0.1) is 0 Å². The van der Waals surface area contributed by atoms with Gasteiger partial charge in [-0.05, 0) is 56.6 Å². The van der Waals surface area contributed by atoms with E-state index in [-0.39, 0.29) is 6.04 Å². The standard InChI is InChI=1S/C29H32N2O7/c1-16(30-26(33)23(32)17-7-5-4-6-8-17)27(34)37-20-11-12-29(35)21-15-18-9-10-19(36-3)24-22(18)28(29,25(20)38-24)13-14-31(21)2/h4-11,16,21,23,25,32,35H,12-15H2,1-3H3,(H,30,33)/t16-,21+,23-,25?,28?,29+/m0/s1. The number of nitrogens with one attached hydrogen (secondary N) is 1. The van der Waals surface area contributed by atoms with Crippen molar-refractivity contribution in [2.45, 2.75) is 61.5 Å². The number of amides is 1. The molecule has 2 aromatic carbocycles. The highest BCUT2D eigenvalue weighted by molar-refractivity contribution is 5.87. The molecule has 2 unspecified atom stereocenters. The van der Waals surface area contributed by atoms with E-state index in [9.17, 15) is 19.8 Å². The Labute approximate surface area is 221 Å². The highest BCUT2D eigenvalue weighted by Gasteiger charge is 2.72. The fourth-order valence-electron chi connectivity index (χ4n) is 6.93. The largest absolute Gasteiger partial charge is 0.493 e. The van der Waals surface area contributed by atoms with Crippen LogP contribution in [0.25, 0.3) is 0 Å². The quantitative estimate of drug-likeness (QED) is 0.494. The number of carbonyl (C=O) groups is 2. The molecule has 6 rings (SSSR count). The van der Waals surface area contributed by atoms with Gasteiger partial charge in [0.25, 0.3) is 5.91 Å². The van der Waals surface area contributed by atoms with Crippen LogP contribution in [0.3, 0.4) is 0 Å². The number of aliphatic hydroxyl groups is 2. The van der Waals surface area contributed by atoms with Crippen molar-refractivity contribution in [1.82, 2.24) is 10.2 Å². The lowest BCUT2D eigenvalue weighted by Crippen LogP contribution is -2.74. The fourth-order valence-corrected chi connectivity index (χ4v) is 6.93. The van der Waals surface area contributed by atoms with Gasteiger partial charge in [-0.3, -0.25) is 4.79 Å². The molecule has 2 aliphatic carbocycles. The van der Waals surface area contributed by atoms with Crippen LogP contribution in [0.2, 0.25) is 0 Å². The molecular weight excluding hydrogens is 488 g/mol. The summed E-state index contributed by atoms with van der Waals surface area (Å²) in [5, 5.41) is 25.2. The van der Waals surface area contributed by atoms with Gasteiger partial charge >= 0.3 is 5.97 Å². The van der Waals surface area contributed by atoms with E-state index in [1.54, 1.807) is 43.5 Å². The Morgan fingerprint density at radius 2 is 1.97 bits per heavy atom. The summed E-state index contributed by atoms with van der Waals surface area (Å²) < 4.78 is 18.0. The molecule has 1 fully saturated rings. The summed E-state index contributed by atoms with van der Waals surface area (Å²) in [6, 6.07) is 11.3. The van der Waals surface area contributed by atoms with Crippen LogP contribution < -0.4 is 14.8 Å². The maximum Gasteiger partial charge on any atom is 0.333 e. The molecule has 9 heteroatoms. The van der Waals surface area contributed by atoms with Gasteiger partial charge in [0.05, 0.1) is 18.1 Å². The van der Waals surface area contributed by atoms with Gasteiger partial charge in [0.1, 0.15) is 11.8 Å². The zero-order valence-corrected chi connectivity index (χ0v) is 21.6. The Morgan fingerprint density at radius 1 is 1.21 bits per heavy atom. The zero-order chi connectivity index (χ0) is 26.8. The van der Waals surface area contributed by atoms with E-state index in [4.69, 9.17) is 14.2 Å². The Hall–Kier alpha value is -3.40. The molecule has 3 N–H and O–H groups in total. The maximum absolute atomic E-state index is 13.1. The lowest BCUT2D eigenvalue weighted by atomic mass is 9.50. The topological polar surface area (TPSA) is 118 Å². The van der Waals surface area contributed by atoms with E-state index in [1.807, 2.05) is 19.2 Å². The first kappa shape index (κ1) is 24.9. The summed E-state index contributed by atoms with van der Waals surface area (Å²) in [4.78, 5) is 27.9. The normalized spacial score (nSPS) is 30.3. The number of esters is 1. The SMILES string of the molecule is COc1ccc2c3c1OC1C(OC(=O)[C@H](C)NC(=O)[C@@H](O)c4ccccc4)=CC[C@@]4(O)[C@@H](C2)N(C)CCC314. The van der Waals surface area contributed by atoms with Crippen LogP contribution >= 0.6 is 0 Å². The number of nitrogens with zero attached hydrogens (tertiary/aromatic N) is 1. The van der Waals surface area contributed by atoms with Gasteiger partial charge in [0.15, 0.2) is 23.7 Å². The molecule has 0 saturated carbocycles. The Kier molecular flexibility index (Phi) is 5.79. The van der Waals surface area contributed by atoms with Gasteiger partial charge in [0.2, 0.25) is 0 Å². The molecule has 1 amide bonds. The number of methoxy groups -OCH3 is 1. The number of benzene rings is 2. The van der Waals surface area contributed by atoms with Crippen LogP contribution in [0.15, 0.2) is 54.3 Å². The third kappa shape index (κ3) is 3.35.